The van der Waals surface area contributed by atoms with E-state index in [0.29, 0.717) is 12.5 Å². The van der Waals surface area contributed by atoms with Crippen LogP contribution in [0.25, 0.3) is 0 Å². The van der Waals surface area contributed by atoms with Gasteiger partial charge in [-0.05, 0) is 56.5 Å². The van der Waals surface area contributed by atoms with E-state index in [1.54, 1.807) is 6.08 Å². The van der Waals surface area contributed by atoms with Crippen molar-refractivity contribution in [1.29, 1.82) is 0 Å². The van der Waals surface area contributed by atoms with Crippen LogP contribution in [-0.2, 0) is 9.53 Å². The Bertz CT molecular complexity index is 662. The molecule has 0 spiro atoms. The molecule has 2 heterocycles. The zero-order valence-electron chi connectivity index (χ0n) is 16.0. The molecule has 1 saturated heterocycles. The van der Waals surface area contributed by atoms with Crippen LogP contribution >= 0.6 is 0 Å². The molecule has 1 amide bonds. The molecule has 140 valence electrons. The Morgan fingerprint density at radius 3 is 2.85 bits per heavy atom. The largest absolute Gasteiger partial charge is 0.498 e. The molecule has 0 aromatic carbocycles. The summed E-state index contributed by atoms with van der Waals surface area (Å²) in [6.07, 6.45) is 16.7. The number of terminal acetylenes is 1. The second-order valence-electron chi connectivity index (χ2n) is 7.41. The van der Waals surface area contributed by atoms with Crippen molar-refractivity contribution in [2.45, 2.75) is 57.5 Å². The Morgan fingerprint density at radius 2 is 2.15 bits per heavy atom. The van der Waals surface area contributed by atoms with Gasteiger partial charge >= 0.3 is 0 Å². The molecular weight excluding hydrogens is 324 g/mol. The van der Waals surface area contributed by atoms with Gasteiger partial charge in [0.2, 0.25) is 5.91 Å². The molecule has 26 heavy (non-hydrogen) atoms. The number of likely N-dealkylation sites (tertiary alicyclic amines) is 1. The number of ether oxygens (including phenoxy) is 1. The van der Waals surface area contributed by atoms with E-state index in [1.165, 1.54) is 24.2 Å². The number of likely N-dealkylation sites (N-methyl/N-ethyl adjacent to an activating group) is 1. The zero-order valence-corrected chi connectivity index (χ0v) is 16.0. The summed E-state index contributed by atoms with van der Waals surface area (Å²) in [4.78, 5) is 17.5. The summed E-state index contributed by atoms with van der Waals surface area (Å²) in [6, 6.07) is 0.540. The fourth-order valence-electron chi connectivity index (χ4n) is 4.58. The first-order valence-corrected chi connectivity index (χ1v) is 9.78. The Hall–Kier alpha value is -1.99. The predicted octanol–water partition coefficient (Wildman–Crippen LogP) is 3.27. The van der Waals surface area contributed by atoms with Crippen molar-refractivity contribution in [3.63, 3.8) is 0 Å². The Labute approximate surface area is 157 Å². The third kappa shape index (κ3) is 3.88. The summed E-state index contributed by atoms with van der Waals surface area (Å²) in [5, 5.41) is 0. The number of hydrogen-bond acceptors (Lipinski definition) is 3. The zero-order chi connectivity index (χ0) is 18.5. The van der Waals surface area contributed by atoms with Gasteiger partial charge in [0, 0.05) is 19.9 Å². The molecule has 4 nitrogen and oxygen atoms in total. The molecule has 4 heteroatoms. The van der Waals surface area contributed by atoms with Crippen LogP contribution in [0.1, 0.15) is 45.4 Å². The summed E-state index contributed by atoms with van der Waals surface area (Å²) in [5.41, 5.74) is 2.33. The maximum Gasteiger partial charge on any atom is 0.227 e. The summed E-state index contributed by atoms with van der Waals surface area (Å²) in [7, 11) is 1.96. The first kappa shape index (κ1) is 18.8. The molecule has 0 unspecified atom stereocenters. The minimum absolute atomic E-state index is 0.141. The van der Waals surface area contributed by atoms with Crippen LogP contribution in [0.5, 0.6) is 0 Å². The summed E-state index contributed by atoms with van der Waals surface area (Å²) < 4.78 is 5.87. The third-order valence-electron chi connectivity index (χ3n) is 5.82. The number of rotatable bonds is 5. The minimum Gasteiger partial charge on any atom is -0.498 e. The number of allylic oxidation sites excluding steroid dienone is 4. The second kappa shape index (κ2) is 8.60. The molecule has 0 bridgehead atoms. The van der Waals surface area contributed by atoms with E-state index in [4.69, 9.17) is 11.2 Å². The van der Waals surface area contributed by atoms with Gasteiger partial charge in [0.25, 0.3) is 0 Å². The van der Waals surface area contributed by atoms with Gasteiger partial charge in [-0.2, -0.15) is 0 Å². The highest BCUT2D eigenvalue weighted by Gasteiger charge is 2.41. The first-order chi connectivity index (χ1) is 12.7. The molecule has 0 radical (unpaired) electrons. The number of amides is 1. The first-order valence-electron chi connectivity index (χ1n) is 9.78. The topological polar surface area (TPSA) is 32.8 Å². The van der Waals surface area contributed by atoms with Crippen LogP contribution < -0.4 is 0 Å². The molecule has 2 aliphatic heterocycles. The van der Waals surface area contributed by atoms with E-state index in [0.717, 1.165) is 44.5 Å². The van der Waals surface area contributed by atoms with Crippen LogP contribution in [0.3, 0.4) is 0 Å². The molecule has 0 aromatic heterocycles. The van der Waals surface area contributed by atoms with E-state index in [1.807, 2.05) is 31.0 Å². The van der Waals surface area contributed by atoms with Crippen LogP contribution in [0.4, 0.5) is 0 Å². The Balaban J connectivity index is 1.78. The standard InChI is InChI=1S/C22H30N2O2/c1-4-8-17(9-5-2)16-21(25)23(3)19-10-11-20-18(12-15-26-20)22(19)24-13-6-7-14-24/h1,5,8-9,19,22H,6-7,10-16H2,2-3H3/b9-5-,17-8+/t19-,22-/m0/s1. The monoisotopic (exact) mass is 354 g/mol. The van der Waals surface area contributed by atoms with Crippen LogP contribution in [0, 0.1) is 12.3 Å². The van der Waals surface area contributed by atoms with Gasteiger partial charge in [0.05, 0.1) is 30.9 Å². The lowest BCUT2D eigenvalue weighted by Crippen LogP contribution is -2.54. The fourth-order valence-corrected chi connectivity index (χ4v) is 4.58. The molecular formula is C22H30N2O2. The van der Waals surface area contributed by atoms with Crippen molar-refractivity contribution in [1.82, 2.24) is 9.80 Å². The van der Waals surface area contributed by atoms with Gasteiger partial charge in [-0.15, -0.1) is 6.42 Å². The maximum atomic E-state index is 13.0. The second-order valence-corrected chi connectivity index (χ2v) is 7.41. The smallest absolute Gasteiger partial charge is 0.227 e. The van der Waals surface area contributed by atoms with Crippen LogP contribution in [-0.4, -0.2) is 54.5 Å². The molecule has 1 fully saturated rings. The van der Waals surface area contributed by atoms with Crippen LogP contribution in [0.2, 0.25) is 0 Å². The molecule has 2 atom stereocenters. The summed E-state index contributed by atoms with van der Waals surface area (Å²) in [6.45, 7) is 4.99. The summed E-state index contributed by atoms with van der Waals surface area (Å²) >= 11 is 0. The molecule has 3 rings (SSSR count). The van der Waals surface area contributed by atoms with Crippen molar-refractivity contribution in [3.05, 3.63) is 35.1 Å². The van der Waals surface area contributed by atoms with Gasteiger partial charge in [-0.25, -0.2) is 0 Å². The Kier molecular flexibility index (Phi) is 6.21. The lowest BCUT2D eigenvalue weighted by Gasteiger charge is -2.43. The predicted molar refractivity (Wildman–Crippen MR) is 104 cm³/mol. The summed E-state index contributed by atoms with van der Waals surface area (Å²) in [5.74, 6) is 3.88. The quantitative estimate of drug-likeness (QED) is 0.561. The van der Waals surface area contributed by atoms with E-state index in [2.05, 4.69) is 10.8 Å². The van der Waals surface area contributed by atoms with E-state index >= 15 is 0 Å². The van der Waals surface area contributed by atoms with Crippen molar-refractivity contribution < 1.29 is 9.53 Å². The average molecular weight is 354 g/mol. The Morgan fingerprint density at radius 1 is 1.38 bits per heavy atom. The van der Waals surface area contributed by atoms with Gasteiger partial charge in [0.1, 0.15) is 0 Å². The van der Waals surface area contributed by atoms with Crippen molar-refractivity contribution in [3.8, 4) is 12.3 Å². The molecule has 3 aliphatic rings. The fraction of sp³-hybridized carbons (Fsp3) is 0.591. The van der Waals surface area contributed by atoms with Gasteiger partial charge in [-0.3, -0.25) is 9.69 Å². The lowest BCUT2D eigenvalue weighted by atomic mass is 9.85. The number of hydrogen-bond donors (Lipinski definition) is 0. The minimum atomic E-state index is 0.141. The highest BCUT2D eigenvalue weighted by Crippen LogP contribution is 2.38. The van der Waals surface area contributed by atoms with Gasteiger partial charge in [-0.1, -0.05) is 18.1 Å². The van der Waals surface area contributed by atoms with Crippen LogP contribution in [0.15, 0.2) is 35.1 Å². The molecule has 0 aromatic rings. The average Bonchev–Trinajstić information content (AvgIpc) is 3.32. The molecule has 1 aliphatic carbocycles. The van der Waals surface area contributed by atoms with E-state index < -0.39 is 0 Å². The van der Waals surface area contributed by atoms with E-state index in [-0.39, 0.29) is 11.9 Å². The third-order valence-corrected chi connectivity index (χ3v) is 5.82. The number of nitrogens with zero attached hydrogens (tertiary/aromatic N) is 2. The number of carbonyl (C=O) groups excluding carboxylic acids is 1. The maximum absolute atomic E-state index is 13.0. The van der Waals surface area contributed by atoms with Crippen molar-refractivity contribution in [2.75, 3.05) is 26.7 Å². The van der Waals surface area contributed by atoms with Crippen molar-refractivity contribution >= 4 is 5.91 Å². The van der Waals surface area contributed by atoms with Gasteiger partial charge in [0.15, 0.2) is 0 Å². The van der Waals surface area contributed by atoms with Crippen molar-refractivity contribution in [2.24, 2.45) is 0 Å². The normalized spacial score (nSPS) is 26.7. The van der Waals surface area contributed by atoms with E-state index in [9.17, 15) is 4.79 Å². The lowest BCUT2D eigenvalue weighted by molar-refractivity contribution is -0.132. The highest BCUT2D eigenvalue weighted by atomic mass is 16.5. The SMILES string of the molecule is C#C/C=C(\C=C/C)CC(=O)N(C)[C@H]1CCC2=C(CCO2)[C@@H]1N1CCCC1. The highest BCUT2D eigenvalue weighted by molar-refractivity contribution is 5.79. The molecule has 0 N–H and O–H groups in total. The van der Waals surface area contributed by atoms with Gasteiger partial charge < -0.3 is 9.64 Å². The molecule has 0 saturated carbocycles. The number of carbonyl (C=O) groups is 1.